The van der Waals surface area contributed by atoms with E-state index in [1.807, 2.05) is 43.3 Å². The minimum absolute atomic E-state index is 0.454. The van der Waals surface area contributed by atoms with E-state index in [4.69, 9.17) is 15.2 Å². The molecule has 19 heavy (non-hydrogen) atoms. The van der Waals surface area contributed by atoms with Crippen LogP contribution in [0.2, 0.25) is 0 Å². The third-order valence-corrected chi connectivity index (χ3v) is 3.64. The molecule has 3 nitrogen and oxygen atoms in total. The lowest BCUT2D eigenvalue weighted by Gasteiger charge is -2.14. The van der Waals surface area contributed by atoms with E-state index < -0.39 is 0 Å². The molecule has 0 aliphatic heterocycles. The van der Waals surface area contributed by atoms with Crippen LogP contribution in [-0.2, 0) is 6.61 Å². The fourth-order valence-corrected chi connectivity index (χ4v) is 2.26. The second-order valence-corrected chi connectivity index (χ2v) is 5.05. The molecule has 0 unspecified atom stereocenters. The molecule has 100 valence electrons. The van der Waals surface area contributed by atoms with Gasteiger partial charge in [0, 0.05) is 5.69 Å². The van der Waals surface area contributed by atoms with Gasteiger partial charge in [-0.15, -0.1) is 0 Å². The number of anilines is 1. The summed E-state index contributed by atoms with van der Waals surface area (Å²) in [6.45, 7) is 2.45. The van der Waals surface area contributed by atoms with Crippen molar-refractivity contribution < 1.29 is 9.47 Å². The first-order valence-electron chi connectivity index (χ1n) is 5.92. The molecule has 2 rings (SSSR count). The molecule has 2 aromatic carbocycles. The largest absolute Gasteiger partial charge is 0.493 e. The number of nitrogens with two attached hydrogens (primary N) is 1. The van der Waals surface area contributed by atoms with Crippen molar-refractivity contribution >= 4 is 21.6 Å². The maximum Gasteiger partial charge on any atom is 0.175 e. The van der Waals surface area contributed by atoms with Crippen molar-refractivity contribution in [1.29, 1.82) is 0 Å². The van der Waals surface area contributed by atoms with Gasteiger partial charge >= 0.3 is 0 Å². The molecular formula is C15H16BrNO2. The quantitative estimate of drug-likeness (QED) is 0.868. The zero-order chi connectivity index (χ0) is 13.8. The number of benzene rings is 2. The fraction of sp³-hybridized carbons (Fsp3) is 0.200. The number of methoxy groups -OCH3 is 1. The van der Waals surface area contributed by atoms with E-state index in [0.717, 1.165) is 21.3 Å². The fourth-order valence-electron chi connectivity index (χ4n) is 1.80. The number of halogens is 1. The summed E-state index contributed by atoms with van der Waals surface area (Å²) in [5.41, 5.74) is 8.78. The Balaban J connectivity index is 2.21. The first-order valence-corrected chi connectivity index (χ1v) is 6.72. The van der Waals surface area contributed by atoms with Gasteiger partial charge in [-0.3, -0.25) is 0 Å². The van der Waals surface area contributed by atoms with Crippen LogP contribution in [0.1, 0.15) is 11.1 Å². The van der Waals surface area contributed by atoms with E-state index in [1.165, 1.54) is 0 Å². The Morgan fingerprint density at radius 1 is 1.16 bits per heavy atom. The van der Waals surface area contributed by atoms with Crippen LogP contribution in [-0.4, -0.2) is 7.11 Å². The predicted octanol–water partition coefficient (Wildman–Crippen LogP) is 3.93. The SMILES string of the molecule is COc1cccc(Br)c1OCc1cccc(N)c1C. The maximum atomic E-state index is 5.89. The van der Waals surface area contributed by atoms with Crippen LogP contribution >= 0.6 is 15.9 Å². The summed E-state index contributed by atoms with van der Waals surface area (Å²) in [6, 6.07) is 11.5. The van der Waals surface area contributed by atoms with Gasteiger partial charge in [-0.25, -0.2) is 0 Å². The molecule has 0 saturated heterocycles. The van der Waals surface area contributed by atoms with Gasteiger partial charge < -0.3 is 15.2 Å². The normalized spacial score (nSPS) is 10.3. The van der Waals surface area contributed by atoms with E-state index >= 15 is 0 Å². The Labute approximate surface area is 121 Å². The smallest absolute Gasteiger partial charge is 0.175 e. The average Bonchev–Trinajstić information content (AvgIpc) is 2.41. The second-order valence-electron chi connectivity index (χ2n) is 4.19. The number of nitrogen functional groups attached to an aromatic ring is 1. The third kappa shape index (κ3) is 3.01. The molecule has 0 atom stereocenters. The third-order valence-electron chi connectivity index (χ3n) is 3.01. The standard InChI is InChI=1S/C15H16BrNO2/c1-10-11(5-3-7-13(10)17)9-19-15-12(16)6-4-8-14(15)18-2/h3-8H,9,17H2,1-2H3. The molecule has 4 heteroatoms. The van der Waals surface area contributed by atoms with E-state index in [2.05, 4.69) is 15.9 Å². The molecule has 0 aliphatic carbocycles. The zero-order valence-corrected chi connectivity index (χ0v) is 12.5. The van der Waals surface area contributed by atoms with Crippen molar-refractivity contribution in [3.05, 3.63) is 52.0 Å². The molecule has 0 aliphatic rings. The van der Waals surface area contributed by atoms with Gasteiger partial charge in [0.2, 0.25) is 0 Å². The van der Waals surface area contributed by atoms with Gasteiger partial charge in [-0.1, -0.05) is 18.2 Å². The molecular weight excluding hydrogens is 306 g/mol. The lowest BCUT2D eigenvalue weighted by Crippen LogP contribution is -2.02. The van der Waals surface area contributed by atoms with Crippen molar-refractivity contribution in [2.75, 3.05) is 12.8 Å². The Morgan fingerprint density at radius 2 is 1.89 bits per heavy atom. The maximum absolute atomic E-state index is 5.89. The summed E-state index contributed by atoms with van der Waals surface area (Å²) < 4.78 is 12.0. The highest BCUT2D eigenvalue weighted by molar-refractivity contribution is 9.10. The summed E-state index contributed by atoms with van der Waals surface area (Å²) in [5.74, 6) is 1.41. The van der Waals surface area contributed by atoms with Crippen LogP contribution in [0, 0.1) is 6.92 Å². The van der Waals surface area contributed by atoms with E-state index in [9.17, 15) is 0 Å². The van der Waals surface area contributed by atoms with Gasteiger partial charge in [-0.2, -0.15) is 0 Å². The molecule has 2 aromatic rings. The van der Waals surface area contributed by atoms with Crippen LogP contribution in [0.15, 0.2) is 40.9 Å². The summed E-state index contributed by atoms with van der Waals surface area (Å²) >= 11 is 3.46. The Kier molecular flexibility index (Phi) is 4.32. The van der Waals surface area contributed by atoms with Crippen molar-refractivity contribution in [2.24, 2.45) is 0 Å². The molecule has 0 fully saturated rings. The summed E-state index contributed by atoms with van der Waals surface area (Å²) in [7, 11) is 1.63. The van der Waals surface area contributed by atoms with Crippen molar-refractivity contribution in [1.82, 2.24) is 0 Å². The molecule has 0 bridgehead atoms. The van der Waals surface area contributed by atoms with E-state index in [0.29, 0.717) is 18.1 Å². The number of hydrogen-bond donors (Lipinski definition) is 1. The second kappa shape index (κ2) is 5.97. The highest BCUT2D eigenvalue weighted by Gasteiger charge is 2.10. The zero-order valence-electron chi connectivity index (χ0n) is 10.9. The lowest BCUT2D eigenvalue weighted by atomic mass is 10.1. The summed E-state index contributed by atoms with van der Waals surface area (Å²) in [5, 5.41) is 0. The minimum Gasteiger partial charge on any atom is -0.493 e. The number of hydrogen-bond acceptors (Lipinski definition) is 3. The number of para-hydroxylation sites is 1. The topological polar surface area (TPSA) is 44.5 Å². The van der Waals surface area contributed by atoms with E-state index in [-0.39, 0.29) is 0 Å². The van der Waals surface area contributed by atoms with Crippen LogP contribution in [0.5, 0.6) is 11.5 Å². The summed E-state index contributed by atoms with van der Waals surface area (Å²) in [6.07, 6.45) is 0. The summed E-state index contributed by atoms with van der Waals surface area (Å²) in [4.78, 5) is 0. The van der Waals surface area contributed by atoms with Crippen molar-refractivity contribution in [2.45, 2.75) is 13.5 Å². The van der Waals surface area contributed by atoms with Crippen LogP contribution in [0.4, 0.5) is 5.69 Å². The van der Waals surface area contributed by atoms with Gasteiger partial charge in [0.25, 0.3) is 0 Å². The molecule has 2 N–H and O–H groups in total. The Morgan fingerprint density at radius 3 is 2.63 bits per heavy atom. The minimum atomic E-state index is 0.454. The highest BCUT2D eigenvalue weighted by Crippen LogP contribution is 2.35. The molecule has 0 heterocycles. The van der Waals surface area contributed by atoms with Gasteiger partial charge in [-0.05, 0) is 52.2 Å². The number of ether oxygens (including phenoxy) is 2. The lowest BCUT2D eigenvalue weighted by molar-refractivity contribution is 0.282. The molecule has 0 spiro atoms. The monoisotopic (exact) mass is 321 g/mol. The van der Waals surface area contributed by atoms with Crippen LogP contribution in [0.3, 0.4) is 0 Å². The molecule has 0 amide bonds. The van der Waals surface area contributed by atoms with Crippen LogP contribution in [0.25, 0.3) is 0 Å². The first kappa shape index (κ1) is 13.7. The molecule has 0 radical (unpaired) electrons. The van der Waals surface area contributed by atoms with Gasteiger partial charge in [0.1, 0.15) is 6.61 Å². The first-order chi connectivity index (χ1) is 9.13. The van der Waals surface area contributed by atoms with Crippen molar-refractivity contribution in [3.63, 3.8) is 0 Å². The van der Waals surface area contributed by atoms with E-state index in [1.54, 1.807) is 7.11 Å². The Hall–Kier alpha value is -1.68. The predicted molar refractivity (Wildman–Crippen MR) is 80.6 cm³/mol. The molecule has 0 saturated carbocycles. The van der Waals surface area contributed by atoms with Gasteiger partial charge in [0.05, 0.1) is 11.6 Å². The van der Waals surface area contributed by atoms with Crippen molar-refractivity contribution in [3.8, 4) is 11.5 Å². The average molecular weight is 322 g/mol. The Bertz CT molecular complexity index is 584. The van der Waals surface area contributed by atoms with Crippen LogP contribution < -0.4 is 15.2 Å². The number of rotatable bonds is 4. The highest BCUT2D eigenvalue weighted by atomic mass is 79.9. The molecule has 0 aromatic heterocycles. The van der Waals surface area contributed by atoms with Gasteiger partial charge in [0.15, 0.2) is 11.5 Å².